The summed E-state index contributed by atoms with van der Waals surface area (Å²) >= 11 is 3.42. The molecule has 17 heavy (non-hydrogen) atoms. The highest BCUT2D eigenvalue weighted by Gasteiger charge is 2.05. The molecule has 3 nitrogen and oxygen atoms in total. The first kappa shape index (κ1) is 11.9. The van der Waals surface area contributed by atoms with Gasteiger partial charge in [0.05, 0.1) is 4.47 Å². The van der Waals surface area contributed by atoms with Crippen LogP contribution in [0.25, 0.3) is 0 Å². The molecule has 1 aromatic carbocycles. The Morgan fingerprint density at radius 2 is 2.00 bits per heavy atom. The predicted octanol–water partition coefficient (Wildman–Crippen LogP) is 3.84. The molecule has 2 aromatic rings. The molecule has 0 aliphatic rings. The van der Waals surface area contributed by atoms with Crippen LogP contribution in [0.15, 0.2) is 34.9 Å². The number of benzene rings is 1. The third-order valence-corrected chi connectivity index (χ3v) is 2.98. The van der Waals surface area contributed by atoms with Crippen molar-refractivity contribution < 1.29 is 4.74 Å². The van der Waals surface area contributed by atoms with Gasteiger partial charge in [-0.25, -0.2) is 4.98 Å². The molecule has 0 aliphatic heterocycles. The van der Waals surface area contributed by atoms with E-state index < -0.39 is 0 Å². The van der Waals surface area contributed by atoms with Crippen molar-refractivity contribution in [3.8, 4) is 11.6 Å². The summed E-state index contributed by atoms with van der Waals surface area (Å²) in [5.41, 5.74) is 8.65. The summed E-state index contributed by atoms with van der Waals surface area (Å²) in [7, 11) is 0. The third-order valence-electron chi connectivity index (χ3n) is 2.41. The number of halogens is 1. The lowest BCUT2D eigenvalue weighted by molar-refractivity contribution is 0.459. The molecule has 0 atom stereocenters. The van der Waals surface area contributed by atoms with Crippen LogP contribution in [-0.4, -0.2) is 4.98 Å². The van der Waals surface area contributed by atoms with Crippen molar-refractivity contribution in [3.63, 3.8) is 0 Å². The zero-order chi connectivity index (χ0) is 12.4. The van der Waals surface area contributed by atoms with Gasteiger partial charge in [-0.1, -0.05) is 6.07 Å². The summed E-state index contributed by atoms with van der Waals surface area (Å²) in [4.78, 5) is 4.22. The molecule has 0 saturated carbocycles. The fourth-order valence-electron chi connectivity index (χ4n) is 1.39. The standard InChI is InChI=1S/C13H13BrN2O/c1-8-5-11(14)13(16-7-8)17-10-4-3-9(2)12(15)6-10/h3-7H,15H2,1-2H3. The average molecular weight is 293 g/mol. The highest BCUT2D eigenvalue weighted by atomic mass is 79.9. The second kappa shape index (κ2) is 4.75. The Balaban J connectivity index is 2.28. The number of ether oxygens (including phenoxy) is 1. The van der Waals surface area contributed by atoms with E-state index in [-0.39, 0.29) is 0 Å². The number of nitrogens with zero attached hydrogens (tertiary/aromatic N) is 1. The normalized spacial score (nSPS) is 10.3. The first-order valence-corrected chi connectivity index (χ1v) is 6.01. The largest absolute Gasteiger partial charge is 0.438 e. The quantitative estimate of drug-likeness (QED) is 0.856. The van der Waals surface area contributed by atoms with E-state index in [4.69, 9.17) is 10.5 Å². The van der Waals surface area contributed by atoms with E-state index in [0.29, 0.717) is 17.3 Å². The van der Waals surface area contributed by atoms with Crippen LogP contribution in [-0.2, 0) is 0 Å². The molecule has 0 fully saturated rings. The second-order valence-electron chi connectivity index (χ2n) is 3.92. The third kappa shape index (κ3) is 2.77. The average Bonchev–Trinajstić information content (AvgIpc) is 2.27. The number of pyridine rings is 1. The minimum Gasteiger partial charge on any atom is -0.438 e. The van der Waals surface area contributed by atoms with Gasteiger partial charge in [0.2, 0.25) is 5.88 Å². The number of hydrogen-bond acceptors (Lipinski definition) is 3. The summed E-state index contributed by atoms with van der Waals surface area (Å²) in [6.45, 7) is 3.94. The van der Waals surface area contributed by atoms with Gasteiger partial charge in [0, 0.05) is 18.0 Å². The van der Waals surface area contributed by atoms with Crippen molar-refractivity contribution in [1.82, 2.24) is 4.98 Å². The topological polar surface area (TPSA) is 48.1 Å². The van der Waals surface area contributed by atoms with Crippen molar-refractivity contribution in [2.45, 2.75) is 13.8 Å². The highest BCUT2D eigenvalue weighted by Crippen LogP contribution is 2.29. The van der Waals surface area contributed by atoms with Crippen molar-refractivity contribution >= 4 is 21.6 Å². The Morgan fingerprint density at radius 1 is 1.24 bits per heavy atom. The van der Waals surface area contributed by atoms with Crippen molar-refractivity contribution in [1.29, 1.82) is 0 Å². The van der Waals surface area contributed by atoms with Gasteiger partial charge in [0.1, 0.15) is 5.75 Å². The van der Waals surface area contributed by atoms with Crippen LogP contribution in [0, 0.1) is 13.8 Å². The van der Waals surface area contributed by atoms with Crippen LogP contribution in [0.3, 0.4) is 0 Å². The maximum atomic E-state index is 5.82. The molecule has 1 aromatic heterocycles. The Kier molecular flexibility index (Phi) is 3.33. The van der Waals surface area contributed by atoms with Crippen LogP contribution in [0.4, 0.5) is 5.69 Å². The number of anilines is 1. The van der Waals surface area contributed by atoms with Crippen molar-refractivity contribution in [3.05, 3.63) is 46.1 Å². The zero-order valence-electron chi connectivity index (χ0n) is 9.70. The lowest BCUT2D eigenvalue weighted by Gasteiger charge is -2.08. The Hall–Kier alpha value is -1.55. The van der Waals surface area contributed by atoms with Crippen molar-refractivity contribution in [2.75, 3.05) is 5.73 Å². The first-order chi connectivity index (χ1) is 8.06. The first-order valence-electron chi connectivity index (χ1n) is 5.22. The van der Waals surface area contributed by atoms with E-state index in [1.54, 1.807) is 12.3 Å². The van der Waals surface area contributed by atoms with E-state index in [2.05, 4.69) is 20.9 Å². The number of aromatic nitrogens is 1. The van der Waals surface area contributed by atoms with E-state index in [1.807, 2.05) is 32.0 Å². The van der Waals surface area contributed by atoms with E-state index in [9.17, 15) is 0 Å². The van der Waals surface area contributed by atoms with Gasteiger partial charge in [-0.2, -0.15) is 0 Å². The summed E-state index contributed by atoms with van der Waals surface area (Å²) in [5, 5.41) is 0. The van der Waals surface area contributed by atoms with Crippen molar-refractivity contribution in [2.24, 2.45) is 0 Å². The van der Waals surface area contributed by atoms with Crippen LogP contribution in [0.2, 0.25) is 0 Å². The molecule has 1 heterocycles. The molecule has 0 bridgehead atoms. The Morgan fingerprint density at radius 3 is 2.65 bits per heavy atom. The molecule has 88 valence electrons. The Labute approximate surface area is 109 Å². The summed E-state index contributed by atoms with van der Waals surface area (Å²) in [5.74, 6) is 1.23. The van der Waals surface area contributed by atoms with E-state index >= 15 is 0 Å². The number of hydrogen-bond donors (Lipinski definition) is 1. The summed E-state index contributed by atoms with van der Waals surface area (Å²) in [6, 6.07) is 7.55. The second-order valence-corrected chi connectivity index (χ2v) is 4.77. The van der Waals surface area contributed by atoms with Gasteiger partial charge in [-0.3, -0.25) is 0 Å². The molecule has 2 N–H and O–H groups in total. The maximum absolute atomic E-state index is 5.82. The predicted molar refractivity (Wildman–Crippen MR) is 72.3 cm³/mol. The Bertz CT molecular complexity index is 555. The van der Waals surface area contributed by atoms with Gasteiger partial charge >= 0.3 is 0 Å². The van der Waals surface area contributed by atoms with Gasteiger partial charge in [0.25, 0.3) is 0 Å². The smallest absolute Gasteiger partial charge is 0.233 e. The number of rotatable bonds is 2. The zero-order valence-corrected chi connectivity index (χ0v) is 11.3. The molecule has 0 spiro atoms. The number of nitrogens with two attached hydrogens (primary N) is 1. The molecule has 0 amide bonds. The van der Waals surface area contributed by atoms with Gasteiger partial charge in [0.15, 0.2) is 0 Å². The molecule has 2 rings (SSSR count). The lowest BCUT2D eigenvalue weighted by atomic mass is 10.2. The highest BCUT2D eigenvalue weighted by molar-refractivity contribution is 9.10. The summed E-state index contributed by atoms with van der Waals surface area (Å²) < 4.78 is 6.49. The van der Waals surface area contributed by atoms with Crippen LogP contribution in [0.1, 0.15) is 11.1 Å². The van der Waals surface area contributed by atoms with E-state index in [0.717, 1.165) is 15.6 Å². The molecule has 4 heteroatoms. The molecule has 0 aliphatic carbocycles. The summed E-state index contributed by atoms with van der Waals surface area (Å²) in [6.07, 6.45) is 1.76. The SMILES string of the molecule is Cc1cnc(Oc2ccc(C)c(N)c2)c(Br)c1. The molecule has 0 saturated heterocycles. The van der Waals surface area contributed by atoms with Crippen LogP contribution < -0.4 is 10.5 Å². The lowest BCUT2D eigenvalue weighted by Crippen LogP contribution is -1.93. The molecular formula is C13H13BrN2O. The fourth-order valence-corrected chi connectivity index (χ4v) is 1.93. The molecule has 0 radical (unpaired) electrons. The van der Waals surface area contributed by atoms with E-state index in [1.165, 1.54) is 0 Å². The minimum atomic E-state index is 0.541. The number of aryl methyl sites for hydroxylation is 2. The van der Waals surface area contributed by atoms with Crippen LogP contribution in [0.5, 0.6) is 11.6 Å². The van der Waals surface area contributed by atoms with Gasteiger partial charge < -0.3 is 10.5 Å². The minimum absolute atomic E-state index is 0.541. The molecular weight excluding hydrogens is 280 g/mol. The monoisotopic (exact) mass is 292 g/mol. The maximum Gasteiger partial charge on any atom is 0.233 e. The molecule has 0 unspecified atom stereocenters. The number of nitrogen functional groups attached to an aromatic ring is 1. The van der Waals surface area contributed by atoms with Crippen LogP contribution >= 0.6 is 15.9 Å². The fraction of sp³-hybridized carbons (Fsp3) is 0.154. The van der Waals surface area contributed by atoms with Gasteiger partial charge in [-0.15, -0.1) is 0 Å². The van der Waals surface area contributed by atoms with Gasteiger partial charge in [-0.05, 0) is 53.0 Å².